The third-order valence-electron chi connectivity index (χ3n) is 5.70. The number of amides is 1. The standard InChI is InChI=1S/C26H18F4N6O2/c1-14(37)21-12-22-18(13-33-21)24(36(35-22)15-6-3-2-4-7-15)34-25(38)17-10-16(23-31-8-5-9-32-23)19(11-20(17)27)26(28,29)30/h2-14,37H,1H3,(H,34,38)/t14-/m0/s1. The summed E-state index contributed by atoms with van der Waals surface area (Å²) < 4.78 is 57.5. The van der Waals surface area contributed by atoms with E-state index in [2.05, 4.69) is 25.4 Å². The van der Waals surface area contributed by atoms with Crippen LogP contribution in [0.4, 0.5) is 23.4 Å². The highest BCUT2D eigenvalue weighted by molar-refractivity contribution is 6.09. The molecule has 12 heteroatoms. The maximum absolute atomic E-state index is 15.0. The first kappa shape index (κ1) is 25.0. The molecule has 0 saturated carbocycles. The van der Waals surface area contributed by atoms with Gasteiger partial charge in [-0.05, 0) is 43.3 Å². The van der Waals surface area contributed by atoms with Crippen LogP contribution >= 0.6 is 0 Å². The van der Waals surface area contributed by atoms with Crippen molar-refractivity contribution in [3.63, 3.8) is 0 Å². The SMILES string of the molecule is C[C@H](O)c1cc2nn(-c3ccccc3)c(NC(=O)c3cc(-c4ncccn4)c(C(F)(F)F)cc3F)c2cn1. The van der Waals surface area contributed by atoms with Crippen molar-refractivity contribution in [3.05, 3.63) is 95.8 Å². The number of pyridine rings is 1. The number of benzene rings is 2. The van der Waals surface area contributed by atoms with Crippen LogP contribution in [-0.2, 0) is 6.18 Å². The molecule has 5 aromatic rings. The quantitative estimate of drug-likeness (QED) is 0.302. The molecular weight excluding hydrogens is 504 g/mol. The molecule has 0 unspecified atom stereocenters. The van der Waals surface area contributed by atoms with Crippen LogP contribution < -0.4 is 5.32 Å². The zero-order chi connectivity index (χ0) is 27.0. The first-order valence-electron chi connectivity index (χ1n) is 11.2. The molecule has 1 atom stereocenters. The normalized spacial score (nSPS) is 12.5. The zero-order valence-electron chi connectivity index (χ0n) is 19.6. The molecule has 3 aromatic heterocycles. The van der Waals surface area contributed by atoms with Crippen molar-refractivity contribution in [1.29, 1.82) is 0 Å². The molecule has 8 nitrogen and oxygen atoms in total. The highest BCUT2D eigenvalue weighted by Gasteiger charge is 2.36. The van der Waals surface area contributed by atoms with Gasteiger partial charge in [-0.1, -0.05) is 18.2 Å². The van der Waals surface area contributed by atoms with E-state index in [0.717, 1.165) is 6.07 Å². The fraction of sp³-hybridized carbons (Fsp3) is 0.115. The van der Waals surface area contributed by atoms with Crippen molar-refractivity contribution < 1.29 is 27.5 Å². The summed E-state index contributed by atoms with van der Waals surface area (Å²) in [4.78, 5) is 25.2. The van der Waals surface area contributed by atoms with Gasteiger partial charge in [-0.3, -0.25) is 9.78 Å². The minimum absolute atomic E-state index is 0.109. The first-order chi connectivity index (χ1) is 18.1. The lowest BCUT2D eigenvalue weighted by Gasteiger charge is -2.15. The summed E-state index contributed by atoms with van der Waals surface area (Å²) in [6.07, 6.45) is -1.92. The number of para-hydroxylation sites is 1. The Labute approximate surface area is 212 Å². The smallest absolute Gasteiger partial charge is 0.387 e. The van der Waals surface area contributed by atoms with Crippen molar-refractivity contribution in [2.75, 3.05) is 5.32 Å². The Morgan fingerprint density at radius 2 is 1.74 bits per heavy atom. The van der Waals surface area contributed by atoms with Crippen molar-refractivity contribution in [1.82, 2.24) is 24.7 Å². The molecule has 0 aliphatic carbocycles. The van der Waals surface area contributed by atoms with E-state index >= 15 is 0 Å². The molecule has 0 aliphatic heterocycles. The van der Waals surface area contributed by atoms with Crippen LogP contribution in [0.2, 0.25) is 0 Å². The first-order valence-corrected chi connectivity index (χ1v) is 11.2. The Hall–Kier alpha value is -4.71. The Bertz CT molecular complexity index is 1640. The molecule has 0 aliphatic rings. The van der Waals surface area contributed by atoms with Gasteiger partial charge in [0.15, 0.2) is 5.82 Å². The number of halogens is 4. The number of aliphatic hydroxyl groups is 1. The van der Waals surface area contributed by atoms with Gasteiger partial charge < -0.3 is 10.4 Å². The largest absolute Gasteiger partial charge is 0.417 e. The van der Waals surface area contributed by atoms with E-state index in [9.17, 15) is 27.5 Å². The number of hydrogen-bond acceptors (Lipinski definition) is 6. The molecule has 192 valence electrons. The van der Waals surface area contributed by atoms with Crippen molar-refractivity contribution in [3.8, 4) is 17.1 Å². The molecule has 2 N–H and O–H groups in total. The average Bonchev–Trinajstić information content (AvgIpc) is 3.26. The monoisotopic (exact) mass is 522 g/mol. The number of aliphatic hydroxyl groups excluding tert-OH is 1. The van der Waals surface area contributed by atoms with Crippen LogP contribution in [0.25, 0.3) is 28.0 Å². The number of aromatic nitrogens is 5. The summed E-state index contributed by atoms with van der Waals surface area (Å²) in [5.41, 5.74) is -1.25. The molecule has 1 amide bonds. The van der Waals surface area contributed by atoms with Gasteiger partial charge in [0.1, 0.15) is 11.6 Å². The maximum atomic E-state index is 15.0. The Kier molecular flexibility index (Phi) is 6.33. The number of fused-ring (bicyclic) bond motifs is 1. The zero-order valence-corrected chi connectivity index (χ0v) is 19.6. The van der Waals surface area contributed by atoms with Crippen LogP contribution in [0.5, 0.6) is 0 Å². The van der Waals surface area contributed by atoms with Crippen molar-refractivity contribution in [2.45, 2.75) is 19.2 Å². The predicted molar refractivity (Wildman–Crippen MR) is 130 cm³/mol. The Morgan fingerprint density at radius 3 is 2.39 bits per heavy atom. The fourth-order valence-corrected chi connectivity index (χ4v) is 3.88. The highest BCUT2D eigenvalue weighted by Crippen LogP contribution is 2.38. The molecular formula is C26H18F4N6O2. The summed E-state index contributed by atoms with van der Waals surface area (Å²) in [5.74, 6) is -2.60. The minimum atomic E-state index is -4.92. The number of alkyl halides is 3. The molecule has 2 aromatic carbocycles. The van der Waals surface area contributed by atoms with Crippen molar-refractivity contribution >= 4 is 22.6 Å². The third kappa shape index (κ3) is 4.68. The van der Waals surface area contributed by atoms with E-state index in [4.69, 9.17) is 0 Å². The Morgan fingerprint density at radius 1 is 1.03 bits per heavy atom. The van der Waals surface area contributed by atoms with E-state index in [1.165, 1.54) is 36.3 Å². The van der Waals surface area contributed by atoms with E-state index < -0.39 is 40.7 Å². The molecule has 3 heterocycles. The van der Waals surface area contributed by atoms with Gasteiger partial charge in [-0.15, -0.1) is 0 Å². The molecule has 5 rings (SSSR count). The van der Waals surface area contributed by atoms with Gasteiger partial charge in [0.25, 0.3) is 5.91 Å². The lowest BCUT2D eigenvalue weighted by atomic mass is 10.0. The summed E-state index contributed by atoms with van der Waals surface area (Å²) in [6, 6.07) is 12.7. The number of nitrogens with zero attached hydrogens (tertiary/aromatic N) is 5. The number of nitrogens with one attached hydrogen (secondary N) is 1. The lowest BCUT2D eigenvalue weighted by molar-refractivity contribution is -0.137. The number of anilines is 1. The third-order valence-corrected chi connectivity index (χ3v) is 5.70. The summed E-state index contributed by atoms with van der Waals surface area (Å²) in [6.45, 7) is 1.53. The maximum Gasteiger partial charge on any atom is 0.417 e. The summed E-state index contributed by atoms with van der Waals surface area (Å²) in [7, 11) is 0. The minimum Gasteiger partial charge on any atom is -0.387 e. The van der Waals surface area contributed by atoms with E-state index in [-0.39, 0.29) is 17.7 Å². The molecule has 0 radical (unpaired) electrons. The molecule has 38 heavy (non-hydrogen) atoms. The van der Waals surface area contributed by atoms with E-state index in [1.807, 2.05) is 0 Å². The van der Waals surface area contributed by atoms with Crippen LogP contribution in [0.15, 0.2) is 73.2 Å². The topological polar surface area (TPSA) is 106 Å². The number of carbonyl (C=O) groups excluding carboxylic acids is 1. The highest BCUT2D eigenvalue weighted by atomic mass is 19.4. The number of rotatable bonds is 5. The van der Waals surface area contributed by atoms with Gasteiger partial charge >= 0.3 is 6.18 Å². The van der Waals surface area contributed by atoms with Crippen LogP contribution in [0, 0.1) is 5.82 Å². The predicted octanol–water partition coefficient (Wildman–Crippen LogP) is 5.34. The molecule has 0 spiro atoms. The van der Waals surface area contributed by atoms with Crippen LogP contribution in [-0.4, -0.2) is 35.7 Å². The van der Waals surface area contributed by atoms with Crippen LogP contribution in [0.1, 0.15) is 34.6 Å². The molecule has 0 saturated heterocycles. The van der Waals surface area contributed by atoms with Gasteiger partial charge in [-0.25, -0.2) is 19.0 Å². The lowest BCUT2D eigenvalue weighted by Crippen LogP contribution is -2.18. The Balaban J connectivity index is 1.63. The second kappa shape index (κ2) is 9.63. The van der Waals surface area contributed by atoms with E-state index in [1.54, 1.807) is 36.4 Å². The van der Waals surface area contributed by atoms with Crippen LogP contribution in [0.3, 0.4) is 0 Å². The van der Waals surface area contributed by atoms with Gasteiger partial charge in [-0.2, -0.15) is 18.3 Å². The molecule has 0 fully saturated rings. The van der Waals surface area contributed by atoms with Crippen molar-refractivity contribution in [2.24, 2.45) is 0 Å². The summed E-state index contributed by atoms with van der Waals surface area (Å²) in [5, 5.41) is 17.3. The van der Waals surface area contributed by atoms with E-state index in [0.29, 0.717) is 22.3 Å². The van der Waals surface area contributed by atoms with Gasteiger partial charge in [0, 0.05) is 24.2 Å². The second-order valence-corrected chi connectivity index (χ2v) is 8.30. The second-order valence-electron chi connectivity index (χ2n) is 8.30. The number of carbonyl (C=O) groups is 1. The summed E-state index contributed by atoms with van der Waals surface area (Å²) >= 11 is 0. The molecule has 0 bridgehead atoms. The average molecular weight is 522 g/mol. The number of hydrogen-bond donors (Lipinski definition) is 2. The van der Waals surface area contributed by atoms with Gasteiger partial charge in [0.2, 0.25) is 0 Å². The fourth-order valence-electron chi connectivity index (χ4n) is 3.88. The van der Waals surface area contributed by atoms with Gasteiger partial charge in [0.05, 0.1) is 39.5 Å².